The molecule has 6 heteroatoms. The Morgan fingerprint density at radius 2 is 0.417 bits per heavy atom. The van der Waals surface area contributed by atoms with Crippen molar-refractivity contribution in [3.8, 4) is 17.2 Å². The Hall–Kier alpha value is -8.52. The van der Waals surface area contributed by atoms with Crippen molar-refractivity contribution in [2.45, 2.75) is 40.0 Å². The van der Waals surface area contributed by atoms with Crippen molar-refractivity contribution in [1.82, 2.24) is 14.7 Å². The summed E-state index contributed by atoms with van der Waals surface area (Å²) in [5.41, 5.74) is 19.1. The number of likely N-dealkylation sites (N-methyl/N-ethyl adjacent to an activating group) is 3. The molecule has 0 radical (unpaired) electrons. The lowest BCUT2D eigenvalue weighted by molar-refractivity contribution is 0.261. The van der Waals surface area contributed by atoms with Crippen LogP contribution >= 0.6 is 0 Å². The van der Waals surface area contributed by atoms with Gasteiger partial charge in [0.25, 0.3) is 0 Å². The van der Waals surface area contributed by atoms with Gasteiger partial charge >= 0.3 is 0 Å². The van der Waals surface area contributed by atoms with Crippen LogP contribution in [-0.4, -0.2) is 96.4 Å². The molecule has 0 heterocycles. The minimum atomic E-state index is 0.692. The fourth-order valence-corrected chi connectivity index (χ4v) is 10.0. The first-order valence-corrected chi connectivity index (χ1v) is 29.7. The molecule has 84 heavy (non-hydrogen) atoms. The lowest BCUT2D eigenvalue weighted by Gasteiger charge is -2.17. The van der Waals surface area contributed by atoms with E-state index in [0.29, 0.717) is 19.8 Å². The third-order valence-electron chi connectivity index (χ3n) is 14.4. The predicted molar refractivity (Wildman–Crippen MR) is 359 cm³/mol. The zero-order valence-electron chi connectivity index (χ0n) is 51.2. The summed E-state index contributed by atoms with van der Waals surface area (Å²) in [4.78, 5) is 6.37. The molecule has 0 fully saturated rings. The van der Waals surface area contributed by atoms with Gasteiger partial charge in [0.05, 0.1) is 0 Å². The predicted octanol–water partition coefficient (Wildman–Crippen LogP) is 18.0. The van der Waals surface area contributed by atoms with Gasteiger partial charge in [0, 0.05) is 19.6 Å². The smallest absolute Gasteiger partial charge is 0.119 e. The van der Waals surface area contributed by atoms with Crippen molar-refractivity contribution >= 4 is 33.4 Å². The average Bonchev–Trinajstić information content (AvgIpc) is 3.38. The molecule has 6 nitrogen and oxygen atoms in total. The molecule has 0 aliphatic heterocycles. The Morgan fingerprint density at radius 3 is 0.595 bits per heavy atom. The van der Waals surface area contributed by atoms with E-state index in [1.807, 2.05) is 0 Å². The van der Waals surface area contributed by atoms with E-state index in [4.69, 9.17) is 14.2 Å². The first kappa shape index (κ1) is 63.1. The van der Waals surface area contributed by atoms with Gasteiger partial charge in [-0.25, -0.2) is 0 Å². The molecule has 0 aliphatic carbocycles. The van der Waals surface area contributed by atoms with Gasteiger partial charge in [-0.2, -0.15) is 0 Å². The van der Waals surface area contributed by atoms with Gasteiger partial charge in [0.2, 0.25) is 0 Å². The Bertz CT molecular complexity index is 3010. The number of hydrogen-bond acceptors (Lipinski definition) is 6. The molecule has 0 bridgehead atoms. The molecule has 0 aliphatic rings. The second-order valence-electron chi connectivity index (χ2n) is 21.3. The van der Waals surface area contributed by atoms with Crippen LogP contribution in [0, 0.1) is 0 Å². The SMILES string of the molecule is CC/C(=C(\c1ccccc1)c1ccc(OCCN(C)C)cc1)c1ccccc1.CC/C(=C(\c1ccccc1)c1ccc(OCCN(C)C)cc1)c1ccccc1.CC/C(=C(\c1ccccc1)c1ccc(OCCN(C)C)cc1)c1ccccc1. The Morgan fingerprint density at radius 1 is 0.238 bits per heavy atom. The zero-order chi connectivity index (χ0) is 59.3. The van der Waals surface area contributed by atoms with E-state index >= 15 is 0 Å². The first-order valence-electron chi connectivity index (χ1n) is 29.7. The second kappa shape index (κ2) is 34.2. The highest BCUT2D eigenvalue weighted by Gasteiger charge is 2.16. The highest BCUT2D eigenvalue weighted by atomic mass is 16.5. The third-order valence-corrected chi connectivity index (χ3v) is 14.4. The lowest BCUT2D eigenvalue weighted by Crippen LogP contribution is -2.19. The van der Waals surface area contributed by atoms with E-state index in [1.165, 1.54) is 83.5 Å². The van der Waals surface area contributed by atoms with Gasteiger partial charge in [-0.05, 0) is 181 Å². The van der Waals surface area contributed by atoms with E-state index in [0.717, 1.165) is 56.1 Å². The first-order chi connectivity index (χ1) is 41.1. The maximum absolute atomic E-state index is 5.87. The van der Waals surface area contributed by atoms with Crippen molar-refractivity contribution in [3.05, 3.63) is 305 Å². The van der Waals surface area contributed by atoms with Crippen LogP contribution in [0.2, 0.25) is 0 Å². The van der Waals surface area contributed by atoms with E-state index in [1.54, 1.807) is 0 Å². The summed E-state index contributed by atoms with van der Waals surface area (Å²) in [6, 6.07) is 89.5. The maximum atomic E-state index is 5.87. The fourth-order valence-electron chi connectivity index (χ4n) is 10.0. The average molecular weight is 1110 g/mol. The summed E-state index contributed by atoms with van der Waals surface area (Å²) in [5, 5.41) is 0. The summed E-state index contributed by atoms with van der Waals surface area (Å²) < 4.78 is 17.6. The van der Waals surface area contributed by atoms with Crippen LogP contribution < -0.4 is 14.2 Å². The quantitative estimate of drug-likeness (QED) is 0.0561. The van der Waals surface area contributed by atoms with Crippen molar-refractivity contribution in [2.24, 2.45) is 0 Å². The van der Waals surface area contributed by atoms with Crippen molar-refractivity contribution in [2.75, 3.05) is 81.7 Å². The highest BCUT2D eigenvalue weighted by molar-refractivity contribution is 6.00. The van der Waals surface area contributed by atoms with Crippen molar-refractivity contribution in [3.63, 3.8) is 0 Å². The minimum Gasteiger partial charge on any atom is -0.492 e. The fraction of sp³-hybridized carbons (Fsp3) is 0.231. The van der Waals surface area contributed by atoms with Crippen LogP contribution in [0.1, 0.15) is 90.1 Å². The van der Waals surface area contributed by atoms with Crippen LogP contribution in [0.4, 0.5) is 0 Å². The maximum Gasteiger partial charge on any atom is 0.119 e. The minimum absolute atomic E-state index is 0.692. The standard InChI is InChI=1S/3C26H29NO/c3*1-4-25(21-11-7-5-8-12-21)26(22-13-9-6-10-14-22)23-15-17-24(18-16-23)28-20-19-27(2)3/h3*5-18H,4,19-20H2,1-3H3/b3*26-25-. The van der Waals surface area contributed by atoms with Crippen molar-refractivity contribution in [1.29, 1.82) is 0 Å². The topological polar surface area (TPSA) is 37.4 Å². The van der Waals surface area contributed by atoms with Crippen LogP contribution in [0.5, 0.6) is 17.2 Å². The largest absolute Gasteiger partial charge is 0.492 e. The Labute approximate surface area is 503 Å². The van der Waals surface area contributed by atoms with Crippen molar-refractivity contribution < 1.29 is 14.2 Å². The van der Waals surface area contributed by atoms with Crippen LogP contribution in [0.3, 0.4) is 0 Å². The van der Waals surface area contributed by atoms with Gasteiger partial charge < -0.3 is 28.9 Å². The molecule has 0 saturated carbocycles. The molecule has 0 atom stereocenters. The third kappa shape index (κ3) is 19.3. The van der Waals surface area contributed by atoms with Gasteiger partial charge in [-0.15, -0.1) is 0 Å². The number of allylic oxidation sites excluding steroid dienone is 3. The molecule has 0 saturated heterocycles. The zero-order valence-corrected chi connectivity index (χ0v) is 51.2. The molecular formula is C78H87N3O3. The number of benzene rings is 9. The van der Waals surface area contributed by atoms with Crippen LogP contribution in [0.25, 0.3) is 33.4 Å². The number of hydrogen-bond donors (Lipinski definition) is 0. The van der Waals surface area contributed by atoms with Crippen LogP contribution in [-0.2, 0) is 0 Å². The lowest BCUT2D eigenvalue weighted by atomic mass is 9.88. The normalized spacial score (nSPS) is 12.0. The highest BCUT2D eigenvalue weighted by Crippen LogP contribution is 2.38. The van der Waals surface area contributed by atoms with Crippen LogP contribution in [0.15, 0.2) is 255 Å². The number of rotatable bonds is 24. The van der Waals surface area contributed by atoms with E-state index in [2.05, 4.69) is 333 Å². The molecule has 0 amide bonds. The second-order valence-corrected chi connectivity index (χ2v) is 21.3. The van der Waals surface area contributed by atoms with Gasteiger partial charge in [0.1, 0.15) is 37.1 Å². The van der Waals surface area contributed by atoms with E-state index < -0.39 is 0 Å². The molecule has 432 valence electrons. The van der Waals surface area contributed by atoms with Gasteiger partial charge in [-0.3, -0.25) is 0 Å². The Balaban J connectivity index is 0.000000181. The molecular weight excluding hydrogens is 1030 g/mol. The molecule has 9 rings (SSSR count). The molecule has 0 spiro atoms. The van der Waals surface area contributed by atoms with E-state index in [-0.39, 0.29) is 0 Å². The molecule has 9 aromatic carbocycles. The summed E-state index contributed by atoms with van der Waals surface area (Å²) in [6.45, 7) is 11.5. The monoisotopic (exact) mass is 1110 g/mol. The summed E-state index contributed by atoms with van der Waals surface area (Å²) in [7, 11) is 12.3. The summed E-state index contributed by atoms with van der Waals surface area (Å²) in [6.07, 6.45) is 2.90. The Kier molecular flexibility index (Phi) is 25.7. The summed E-state index contributed by atoms with van der Waals surface area (Å²) >= 11 is 0. The number of nitrogens with zero attached hydrogens (tertiary/aromatic N) is 3. The summed E-state index contributed by atoms with van der Waals surface area (Å²) in [5.74, 6) is 2.74. The molecule has 0 N–H and O–H groups in total. The van der Waals surface area contributed by atoms with Gasteiger partial charge in [0.15, 0.2) is 0 Å². The van der Waals surface area contributed by atoms with Gasteiger partial charge in [-0.1, -0.05) is 239 Å². The molecule has 0 unspecified atom stereocenters. The molecule has 9 aromatic rings. The number of ether oxygens (including phenoxy) is 3. The van der Waals surface area contributed by atoms with E-state index in [9.17, 15) is 0 Å². The molecule has 0 aromatic heterocycles.